The van der Waals surface area contributed by atoms with Gasteiger partial charge in [-0.15, -0.1) is 0 Å². The van der Waals surface area contributed by atoms with Gasteiger partial charge in [0.25, 0.3) is 5.91 Å². The Hall–Kier alpha value is -3.33. The lowest BCUT2D eigenvalue weighted by Crippen LogP contribution is -2.26. The van der Waals surface area contributed by atoms with E-state index in [1.54, 1.807) is 25.1 Å². The normalized spacial score (nSPS) is 13.5. The number of aromatic nitrogens is 2. The monoisotopic (exact) mass is 453 g/mol. The third-order valence-electron chi connectivity index (χ3n) is 5.14. The topological polar surface area (TPSA) is 88.6 Å². The Labute approximate surface area is 191 Å². The van der Waals surface area contributed by atoms with Crippen LogP contribution < -0.4 is 20.1 Å². The summed E-state index contributed by atoms with van der Waals surface area (Å²) in [6, 6.07) is 13.3. The molecule has 1 unspecified atom stereocenters. The molecule has 2 aromatic carbocycles. The van der Waals surface area contributed by atoms with Gasteiger partial charge in [-0.3, -0.25) is 4.79 Å². The van der Waals surface area contributed by atoms with Crippen molar-refractivity contribution in [1.29, 1.82) is 0 Å². The minimum Gasteiger partial charge on any atom is -0.454 e. The average molecular weight is 454 g/mol. The molecule has 9 heteroatoms. The number of benzene rings is 2. The number of ether oxygens (including phenoxy) is 2. The summed E-state index contributed by atoms with van der Waals surface area (Å²) in [5.74, 6) is 2.71. The first kappa shape index (κ1) is 21.9. The second kappa shape index (κ2) is 8.66. The lowest BCUT2D eigenvalue weighted by molar-refractivity contribution is 0.0827. The van der Waals surface area contributed by atoms with Gasteiger partial charge in [0.15, 0.2) is 23.1 Å². The van der Waals surface area contributed by atoms with E-state index >= 15 is 0 Å². The molecule has 0 bridgehead atoms. The van der Waals surface area contributed by atoms with Crippen LogP contribution in [0.5, 0.6) is 11.5 Å². The van der Waals surface area contributed by atoms with E-state index in [4.69, 9.17) is 9.47 Å². The number of rotatable bonds is 6. The van der Waals surface area contributed by atoms with Crippen molar-refractivity contribution >= 4 is 35.0 Å². The Morgan fingerprint density at radius 3 is 2.56 bits per heavy atom. The summed E-state index contributed by atoms with van der Waals surface area (Å²) in [5, 5.41) is 6.85. The Morgan fingerprint density at radius 2 is 1.81 bits per heavy atom. The Bertz CT molecular complexity index is 1120. The van der Waals surface area contributed by atoms with Gasteiger partial charge in [-0.2, -0.15) is 8.75 Å². The van der Waals surface area contributed by atoms with Gasteiger partial charge in [-0.25, -0.2) is 0 Å². The summed E-state index contributed by atoms with van der Waals surface area (Å²) >= 11 is 1.12. The zero-order valence-electron chi connectivity index (χ0n) is 18.8. The average Bonchev–Trinajstić information content (AvgIpc) is 3.39. The molecule has 0 spiro atoms. The Morgan fingerprint density at radius 1 is 1.06 bits per heavy atom. The fourth-order valence-corrected chi connectivity index (χ4v) is 3.99. The highest BCUT2D eigenvalue weighted by atomic mass is 32.1. The van der Waals surface area contributed by atoms with Crippen molar-refractivity contribution in [2.24, 2.45) is 5.41 Å². The summed E-state index contributed by atoms with van der Waals surface area (Å²) in [6.45, 7) is 6.74. The summed E-state index contributed by atoms with van der Waals surface area (Å²) < 4.78 is 19.9. The van der Waals surface area contributed by atoms with Gasteiger partial charge in [-0.05, 0) is 41.3 Å². The number of fused-ring (bicyclic) bond motifs is 1. The van der Waals surface area contributed by atoms with Gasteiger partial charge < -0.3 is 25.0 Å². The molecule has 0 saturated carbocycles. The summed E-state index contributed by atoms with van der Waals surface area (Å²) in [5.41, 5.74) is 2.32. The molecule has 3 aromatic rings. The van der Waals surface area contributed by atoms with Crippen LogP contribution in [-0.4, -0.2) is 40.4 Å². The second-order valence-corrected chi connectivity index (χ2v) is 9.45. The number of hydrogen-bond acceptors (Lipinski definition) is 8. The minimum atomic E-state index is -0.118. The van der Waals surface area contributed by atoms with E-state index in [9.17, 15) is 4.79 Å². The highest BCUT2D eigenvalue weighted by Gasteiger charge is 2.29. The van der Waals surface area contributed by atoms with E-state index in [2.05, 4.69) is 40.2 Å². The number of carbonyl (C=O) groups excluding carboxylic acids is 1. The van der Waals surface area contributed by atoms with Crippen LogP contribution >= 0.6 is 11.7 Å². The number of nitrogens with zero attached hydrogens (tertiary/aromatic N) is 3. The summed E-state index contributed by atoms with van der Waals surface area (Å²) in [7, 11) is 3.47. The van der Waals surface area contributed by atoms with Gasteiger partial charge in [-0.1, -0.05) is 32.9 Å². The molecule has 1 aliphatic heterocycles. The standard InChI is InChI=1S/C23H27N5O3S/c1-23(2,3)19(14-9-10-17-18(12-14)31-13-30-17)25-21-20(26-32-27-21)24-16-8-6-7-15(11-16)22(29)28(4)5/h6-12,19H,13H2,1-5H3,(H,24,26)(H,25,27). The van der Waals surface area contributed by atoms with Crippen molar-refractivity contribution in [3.05, 3.63) is 53.6 Å². The van der Waals surface area contributed by atoms with E-state index in [1.807, 2.05) is 36.4 Å². The molecule has 4 rings (SSSR count). The minimum absolute atomic E-state index is 0.0527. The zero-order chi connectivity index (χ0) is 22.9. The SMILES string of the molecule is CN(C)C(=O)c1cccc(Nc2nsnc2NC(c2ccc3c(c2)OCO3)C(C)(C)C)c1. The maximum absolute atomic E-state index is 12.3. The van der Waals surface area contributed by atoms with E-state index in [0.717, 1.165) is 34.5 Å². The van der Waals surface area contributed by atoms with Crippen molar-refractivity contribution in [2.45, 2.75) is 26.8 Å². The quantitative estimate of drug-likeness (QED) is 0.548. The van der Waals surface area contributed by atoms with Crippen LogP contribution in [0.1, 0.15) is 42.7 Å². The van der Waals surface area contributed by atoms with E-state index in [1.165, 1.54) is 0 Å². The van der Waals surface area contributed by atoms with Gasteiger partial charge in [0.2, 0.25) is 6.79 Å². The largest absolute Gasteiger partial charge is 0.454 e. The maximum atomic E-state index is 12.3. The van der Waals surface area contributed by atoms with Gasteiger partial charge >= 0.3 is 0 Å². The zero-order valence-corrected chi connectivity index (χ0v) is 19.6. The van der Waals surface area contributed by atoms with Crippen LogP contribution in [0, 0.1) is 5.41 Å². The van der Waals surface area contributed by atoms with Crippen LogP contribution in [0.25, 0.3) is 0 Å². The molecule has 0 aliphatic carbocycles. The highest BCUT2D eigenvalue weighted by molar-refractivity contribution is 6.99. The molecular formula is C23H27N5O3S. The summed E-state index contributed by atoms with van der Waals surface area (Å²) in [4.78, 5) is 13.9. The predicted octanol–water partition coefficient (Wildman–Crippen LogP) is 4.91. The molecule has 0 radical (unpaired) electrons. The lowest BCUT2D eigenvalue weighted by Gasteiger charge is -2.32. The molecule has 1 atom stereocenters. The van der Waals surface area contributed by atoms with E-state index in [0.29, 0.717) is 17.2 Å². The van der Waals surface area contributed by atoms with Crippen molar-refractivity contribution in [2.75, 3.05) is 31.5 Å². The third kappa shape index (κ3) is 4.62. The number of anilines is 3. The first-order valence-electron chi connectivity index (χ1n) is 10.3. The Kier molecular flexibility index (Phi) is 5.92. The molecule has 0 fully saturated rings. The predicted molar refractivity (Wildman–Crippen MR) is 126 cm³/mol. The fraction of sp³-hybridized carbons (Fsp3) is 0.348. The maximum Gasteiger partial charge on any atom is 0.253 e. The fourth-order valence-electron chi connectivity index (χ4n) is 3.52. The molecule has 32 heavy (non-hydrogen) atoms. The Balaban J connectivity index is 1.58. The third-order valence-corrected chi connectivity index (χ3v) is 5.67. The molecule has 2 N–H and O–H groups in total. The molecule has 1 aliphatic rings. The molecule has 168 valence electrons. The van der Waals surface area contributed by atoms with Gasteiger partial charge in [0.05, 0.1) is 17.8 Å². The van der Waals surface area contributed by atoms with Crippen LogP contribution in [0.4, 0.5) is 17.3 Å². The second-order valence-electron chi connectivity index (χ2n) is 8.92. The molecular weight excluding hydrogens is 426 g/mol. The highest BCUT2D eigenvalue weighted by Crippen LogP contribution is 2.41. The van der Waals surface area contributed by atoms with Crippen LogP contribution in [0.15, 0.2) is 42.5 Å². The number of amides is 1. The number of nitrogens with one attached hydrogen (secondary N) is 2. The molecule has 1 aromatic heterocycles. The van der Waals surface area contributed by atoms with Gasteiger partial charge in [0.1, 0.15) is 0 Å². The molecule has 2 heterocycles. The van der Waals surface area contributed by atoms with Crippen molar-refractivity contribution < 1.29 is 14.3 Å². The first-order valence-corrected chi connectivity index (χ1v) is 11.0. The van der Waals surface area contributed by atoms with Gasteiger partial charge in [0, 0.05) is 25.3 Å². The number of carbonyl (C=O) groups is 1. The first-order chi connectivity index (χ1) is 15.2. The van der Waals surface area contributed by atoms with Crippen LogP contribution in [0.2, 0.25) is 0 Å². The van der Waals surface area contributed by atoms with E-state index in [-0.39, 0.29) is 24.2 Å². The number of hydrogen-bond donors (Lipinski definition) is 2. The van der Waals surface area contributed by atoms with Crippen LogP contribution in [-0.2, 0) is 0 Å². The molecule has 0 saturated heterocycles. The van der Waals surface area contributed by atoms with Crippen molar-refractivity contribution in [3.63, 3.8) is 0 Å². The van der Waals surface area contributed by atoms with Crippen molar-refractivity contribution in [1.82, 2.24) is 13.6 Å². The lowest BCUT2D eigenvalue weighted by atomic mass is 9.82. The smallest absolute Gasteiger partial charge is 0.253 e. The van der Waals surface area contributed by atoms with Crippen LogP contribution in [0.3, 0.4) is 0 Å². The van der Waals surface area contributed by atoms with Crippen molar-refractivity contribution in [3.8, 4) is 11.5 Å². The van der Waals surface area contributed by atoms with E-state index < -0.39 is 0 Å². The molecule has 1 amide bonds. The summed E-state index contributed by atoms with van der Waals surface area (Å²) in [6.07, 6.45) is 0. The molecule has 8 nitrogen and oxygen atoms in total.